The molecule has 8 nitrogen and oxygen atoms in total. The molecule has 6 rings (SSSR count). The summed E-state index contributed by atoms with van der Waals surface area (Å²) < 4.78 is 22.8. The summed E-state index contributed by atoms with van der Waals surface area (Å²) in [6, 6.07) is 0. The van der Waals surface area contributed by atoms with Gasteiger partial charge >= 0.3 is 5.97 Å². The highest BCUT2D eigenvalue weighted by molar-refractivity contribution is 5.85. The summed E-state index contributed by atoms with van der Waals surface area (Å²) in [4.78, 5) is 11.8. The van der Waals surface area contributed by atoms with E-state index in [9.17, 15) is 20.1 Å². The molecule has 214 valence electrons. The minimum Gasteiger partial charge on any atom is -0.458 e. The van der Waals surface area contributed by atoms with Crippen LogP contribution in [0.1, 0.15) is 78.6 Å². The van der Waals surface area contributed by atoms with Crippen LogP contribution in [-0.4, -0.2) is 77.4 Å². The van der Waals surface area contributed by atoms with Gasteiger partial charge < -0.3 is 34.3 Å². The Morgan fingerprint density at radius 3 is 2.50 bits per heavy atom. The third kappa shape index (κ3) is 3.88. The van der Waals surface area contributed by atoms with Crippen molar-refractivity contribution in [1.82, 2.24) is 0 Å². The van der Waals surface area contributed by atoms with Crippen molar-refractivity contribution in [2.24, 2.45) is 34.5 Å². The van der Waals surface area contributed by atoms with Crippen molar-refractivity contribution in [1.29, 1.82) is 0 Å². The molecule has 0 bridgehead atoms. The van der Waals surface area contributed by atoms with Gasteiger partial charge in [0.1, 0.15) is 24.9 Å². The summed E-state index contributed by atoms with van der Waals surface area (Å²) in [6.45, 7) is 6.87. The van der Waals surface area contributed by atoms with Crippen LogP contribution in [0.5, 0.6) is 0 Å². The lowest BCUT2D eigenvalue weighted by Crippen LogP contribution is -2.62. The molecule has 1 saturated heterocycles. The summed E-state index contributed by atoms with van der Waals surface area (Å²) in [7, 11) is 1.49. The second kappa shape index (κ2) is 9.52. The summed E-state index contributed by atoms with van der Waals surface area (Å²) in [6.07, 6.45) is 6.45. The molecule has 0 aromatic rings. The number of aliphatic hydroxyl groups excluding tert-OH is 2. The molecule has 38 heavy (non-hydrogen) atoms. The molecule has 5 fully saturated rings. The first-order valence-corrected chi connectivity index (χ1v) is 14.8. The number of aliphatic hydroxyl groups is 3. The molecule has 3 unspecified atom stereocenters. The summed E-state index contributed by atoms with van der Waals surface area (Å²) in [5.41, 5.74) is 0.300. The first kappa shape index (κ1) is 27.2. The van der Waals surface area contributed by atoms with Crippen LogP contribution in [-0.2, 0) is 23.7 Å². The van der Waals surface area contributed by atoms with Gasteiger partial charge in [-0.25, -0.2) is 4.79 Å². The number of ether oxygens (including phenoxy) is 4. The second-order valence-electron chi connectivity index (χ2n) is 13.7. The highest BCUT2D eigenvalue weighted by Gasteiger charge is 2.67. The second-order valence-corrected chi connectivity index (χ2v) is 13.7. The molecule has 6 aliphatic rings. The minimum atomic E-state index is -1.04. The van der Waals surface area contributed by atoms with Gasteiger partial charge in [-0.1, -0.05) is 13.8 Å². The van der Waals surface area contributed by atoms with Crippen LogP contribution in [0.4, 0.5) is 0 Å². The van der Waals surface area contributed by atoms with E-state index in [-0.39, 0.29) is 34.7 Å². The van der Waals surface area contributed by atoms with Gasteiger partial charge in [-0.15, -0.1) is 0 Å². The van der Waals surface area contributed by atoms with Gasteiger partial charge in [0.05, 0.1) is 17.8 Å². The van der Waals surface area contributed by atoms with Crippen molar-refractivity contribution < 1.29 is 39.1 Å². The normalized spacial score (nSPS) is 54.5. The van der Waals surface area contributed by atoms with Crippen LogP contribution in [0.3, 0.4) is 0 Å². The maximum Gasteiger partial charge on any atom is 0.331 e. The number of hydrogen-bond acceptors (Lipinski definition) is 8. The van der Waals surface area contributed by atoms with Crippen LogP contribution < -0.4 is 0 Å². The molecule has 0 amide bonds. The fourth-order valence-corrected chi connectivity index (χ4v) is 10.1. The Labute approximate surface area is 226 Å². The molecule has 2 heterocycles. The Bertz CT molecular complexity index is 968. The van der Waals surface area contributed by atoms with Crippen LogP contribution in [0.25, 0.3) is 0 Å². The van der Waals surface area contributed by atoms with Gasteiger partial charge in [0.15, 0.2) is 6.29 Å². The number of carbonyl (C=O) groups excluding carboxylic acids is 1. The Morgan fingerprint density at radius 1 is 1.00 bits per heavy atom. The summed E-state index contributed by atoms with van der Waals surface area (Å²) >= 11 is 0. The third-order valence-corrected chi connectivity index (χ3v) is 12.3. The summed E-state index contributed by atoms with van der Waals surface area (Å²) in [5.74, 6) is 1.22. The zero-order chi connectivity index (χ0) is 27.0. The van der Waals surface area contributed by atoms with E-state index in [1.54, 1.807) is 13.0 Å². The number of carbonyl (C=O) groups is 1. The number of fused-ring (bicyclic) bond motifs is 5. The van der Waals surface area contributed by atoms with Gasteiger partial charge in [-0.05, 0) is 99.4 Å². The highest BCUT2D eigenvalue weighted by Crippen LogP contribution is 2.70. The van der Waals surface area contributed by atoms with E-state index in [0.717, 1.165) is 63.4 Å². The average molecular weight is 535 g/mol. The van der Waals surface area contributed by atoms with Crippen molar-refractivity contribution in [3.8, 4) is 0 Å². The van der Waals surface area contributed by atoms with Crippen LogP contribution in [0.15, 0.2) is 11.6 Å². The molecule has 2 aliphatic heterocycles. The molecule has 8 heteroatoms. The third-order valence-electron chi connectivity index (χ3n) is 12.3. The summed E-state index contributed by atoms with van der Waals surface area (Å²) in [5, 5.41) is 33.5. The van der Waals surface area contributed by atoms with E-state index in [1.165, 1.54) is 7.11 Å². The smallest absolute Gasteiger partial charge is 0.331 e. The standard InChI is InChI=1S/C30H46O8/c1-16-24(32)26(35-4)25(33)27(37-16)38-19-7-10-28(2)18(14-19)5-6-22-21(28)8-11-29(3)20(9-12-30(22,29)34)17-13-23(31)36-15-17/h13,16,18-22,24-27,32-34H,5-12,14-15H2,1-4H3/t16-,18+,19-,20?,21?,22?,24-,25-,26+,27-,28-,29+,30-/m0/s1. The number of cyclic esters (lactones) is 1. The van der Waals surface area contributed by atoms with Crippen molar-refractivity contribution >= 4 is 5.97 Å². The van der Waals surface area contributed by atoms with E-state index < -0.39 is 36.3 Å². The molecule has 4 saturated carbocycles. The van der Waals surface area contributed by atoms with Gasteiger partial charge in [0.2, 0.25) is 0 Å². The number of hydrogen-bond donors (Lipinski definition) is 3. The Balaban J connectivity index is 1.16. The zero-order valence-corrected chi connectivity index (χ0v) is 23.3. The van der Waals surface area contributed by atoms with E-state index >= 15 is 0 Å². The largest absolute Gasteiger partial charge is 0.458 e. The highest BCUT2D eigenvalue weighted by atomic mass is 16.7. The molecule has 0 radical (unpaired) electrons. The Morgan fingerprint density at radius 2 is 1.79 bits per heavy atom. The van der Waals surface area contributed by atoms with Crippen LogP contribution >= 0.6 is 0 Å². The van der Waals surface area contributed by atoms with Crippen molar-refractivity contribution in [2.45, 2.75) is 121 Å². The topological polar surface area (TPSA) is 115 Å². The van der Waals surface area contributed by atoms with Crippen molar-refractivity contribution in [3.63, 3.8) is 0 Å². The maximum atomic E-state index is 12.4. The Hall–Kier alpha value is -1.03. The number of esters is 1. The van der Waals surface area contributed by atoms with E-state index in [1.807, 2.05) is 0 Å². The number of rotatable bonds is 4. The fraction of sp³-hybridized carbons (Fsp3) is 0.900. The molecule has 0 aromatic carbocycles. The Kier molecular flexibility index (Phi) is 6.80. The van der Waals surface area contributed by atoms with E-state index in [2.05, 4.69) is 13.8 Å². The molecule has 3 N–H and O–H groups in total. The quantitative estimate of drug-likeness (QED) is 0.372. The van der Waals surface area contributed by atoms with E-state index in [0.29, 0.717) is 18.4 Å². The lowest BCUT2D eigenvalue weighted by molar-refractivity contribution is -0.313. The molecular formula is C30H46O8. The molecule has 13 atom stereocenters. The first-order chi connectivity index (χ1) is 18.0. The molecule has 4 aliphatic carbocycles. The first-order valence-electron chi connectivity index (χ1n) is 14.8. The van der Waals surface area contributed by atoms with Crippen LogP contribution in [0.2, 0.25) is 0 Å². The number of methoxy groups -OCH3 is 1. The lowest BCUT2D eigenvalue weighted by Gasteiger charge is -2.64. The predicted octanol–water partition coefficient (Wildman–Crippen LogP) is 3.11. The average Bonchev–Trinajstić information content (AvgIpc) is 3.43. The van der Waals surface area contributed by atoms with Gasteiger partial charge in [0.25, 0.3) is 0 Å². The van der Waals surface area contributed by atoms with Gasteiger partial charge in [0, 0.05) is 18.6 Å². The van der Waals surface area contributed by atoms with Gasteiger partial charge in [-0.2, -0.15) is 0 Å². The van der Waals surface area contributed by atoms with E-state index in [4.69, 9.17) is 18.9 Å². The monoisotopic (exact) mass is 534 g/mol. The molecular weight excluding hydrogens is 488 g/mol. The fourth-order valence-electron chi connectivity index (χ4n) is 10.1. The minimum absolute atomic E-state index is 0.0103. The maximum absolute atomic E-state index is 12.4. The zero-order valence-electron chi connectivity index (χ0n) is 23.3. The van der Waals surface area contributed by atoms with Crippen LogP contribution in [0, 0.1) is 34.5 Å². The molecule has 0 aromatic heterocycles. The SMILES string of the molecule is CO[C@H]1[C@H](O)[C@H](O[C@H]2CC[C@]3(C)C4CC[C@]5(C)C(C6=CC(=O)OC6)CC[C@]5(O)C4CC[C@@H]3C2)O[C@@H](C)[C@@H]1O. The van der Waals surface area contributed by atoms with Crippen molar-refractivity contribution in [2.75, 3.05) is 13.7 Å². The lowest BCUT2D eigenvalue weighted by atomic mass is 9.43. The molecule has 0 spiro atoms. The van der Waals surface area contributed by atoms with Crippen molar-refractivity contribution in [3.05, 3.63) is 11.6 Å². The van der Waals surface area contributed by atoms with Gasteiger partial charge in [-0.3, -0.25) is 0 Å². The predicted molar refractivity (Wildman–Crippen MR) is 138 cm³/mol.